The fourth-order valence-corrected chi connectivity index (χ4v) is 1.76. The molecule has 0 saturated carbocycles. The summed E-state index contributed by atoms with van der Waals surface area (Å²) in [5.41, 5.74) is 0. The lowest BCUT2D eigenvalue weighted by molar-refractivity contribution is -0.127. The van der Waals surface area contributed by atoms with E-state index in [0.29, 0.717) is 0 Å². The topological polar surface area (TPSA) is 23.6 Å². The monoisotopic (exact) mass is 196 g/mol. The molecule has 0 atom stereocenters. The van der Waals surface area contributed by atoms with Gasteiger partial charge in [-0.3, -0.25) is 9.69 Å². The molecular weight excluding hydrogens is 176 g/mol. The summed E-state index contributed by atoms with van der Waals surface area (Å²) in [4.78, 5) is 15.8. The van der Waals surface area contributed by atoms with Crippen LogP contribution in [0.4, 0.5) is 0 Å². The van der Waals surface area contributed by atoms with Crippen molar-refractivity contribution in [1.29, 1.82) is 0 Å². The van der Waals surface area contributed by atoms with E-state index in [2.05, 4.69) is 11.8 Å². The Balaban J connectivity index is 2.31. The molecule has 80 valence electrons. The highest BCUT2D eigenvalue weighted by Gasteiger charge is 2.18. The molecule has 0 aliphatic carbocycles. The molecule has 1 heterocycles. The lowest BCUT2D eigenvalue weighted by atomic mass is 10.3. The molecule has 3 heteroatoms. The second-order valence-corrected chi connectivity index (χ2v) is 3.67. The molecule has 0 N–H and O–H groups in total. The van der Waals surface area contributed by atoms with Gasteiger partial charge in [-0.1, -0.05) is 13.0 Å². The SMILES string of the molecule is CC=CC(=O)N1CCN(CCC)CC1. The van der Waals surface area contributed by atoms with Crippen LogP contribution >= 0.6 is 0 Å². The van der Waals surface area contributed by atoms with Crippen molar-refractivity contribution in [3.05, 3.63) is 12.2 Å². The Bertz CT molecular complexity index is 205. The van der Waals surface area contributed by atoms with E-state index in [4.69, 9.17) is 0 Å². The third kappa shape index (κ3) is 3.14. The maximum Gasteiger partial charge on any atom is 0.246 e. The number of hydrogen-bond acceptors (Lipinski definition) is 2. The summed E-state index contributed by atoms with van der Waals surface area (Å²) >= 11 is 0. The third-order valence-electron chi connectivity index (χ3n) is 2.53. The molecule has 1 saturated heterocycles. The average molecular weight is 196 g/mol. The van der Waals surface area contributed by atoms with Crippen LogP contribution in [-0.4, -0.2) is 48.4 Å². The number of carbonyl (C=O) groups is 1. The number of allylic oxidation sites excluding steroid dienone is 1. The molecule has 0 radical (unpaired) electrons. The number of rotatable bonds is 3. The fraction of sp³-hybridized carbons (Fsp3) is 0.727. The minimum Gasteiger partial charge on any atom is -0.337 e. The molecule has 0 aromatic heterocycles. The van der Waals surface area contributed by atoms with Crippen LogP contribution in [0, 0.1) is 0 Å². The normalized spacial score (nSPS) is 19.1. The van der Waals surface area contributed by atoms with Crippen LogP contribution in [-0.2, 0) is 4.79 Å². The largest absolute Gasteiger partial charge is 0.337 e. The van der Waals surface area contributed by atoms with Crippen molar-refractivity contribution in [3.63, 3.8) is 0 Å². The molecule has 1 fully saturated rings. The van der Waals surface area contributed by atoms with Gasteiger partial charge in [-0.2, -0.15) is 0 Å². The number of piperazine rings is 1. The minimum absolute atomic E-state index is 0.156. The zero-order valence-electron chi connectivity index (χ0n) is 9.20. The Labute approximate surface area is 86.4 Å². The second kappa shape index (κ2) is 5.81. The Morgan fingerprint density at radius 3 is 2.43 bits per heavy atom. The predicted octanol–water partition coefficient (Wildman–Crippen LogP) is 1.12. The van der Waals surface area contributed by atoms with Crippen LogP contribution in [0.1, 0.15) is 20.3 Å². The van der Waals surface area contributed by atoms with Gasteiger partial charge in [0.1, 0.15) is 0 Å². The maximum absolute atomic E-state index is 11.5. The highest BCUT2D eigenvalue weighted by atomic mass is 16.2. The Kier molecular flexibility index (Phi) is 4.66. The second-order valence-electron chi connectivity index (χ2n) is 3.67. The Morgan fingerprint density at radius 1 is 1.29 bits per heavy atom. The molecule has 14 heavy (non-hydrogen) atoms. The first-order valence-corrected chi connectivity index (χ1v) is 5.42. The predicted molar refractivity (Wildman–Crippen MR) is 58.1 cm³/mol. The maximum atomic E-state index is 11.5. The van der Waals surface area contributed by atoms with Gasteiger partial charge in [0.15, 0.2) is 0 Å². The van der Waals surface area contributed by atoms with E-state index < -0.39 is 0 Å². The van der Waals surface area contributed by atoms with Crippen molar-refractivity contribution < 1.29 is 4.79 Å². The van der Waals surface area contributed by atoms with E-state index in [-0.39, 0.29) is 5.91 Å². The van der Waals surface area contributed by atoms with E-state index in [1.54, 1.807) is 12.2 Å². The summed E-state index contributed by atoms with van der Waals surface area (Å²) in [5, 5.41) is 0. The molecule has 1 aliphatic heterocycles. The van der Waals surface area contributed by atoms with E-state index >= 15 is 0 Å². The van der Waals surface area contributed by atoms with Gasteiger partial charge in [-0.15, -0.1) is 0 Å². The van der Waals surface area contributed by atoms with Gasteiger partial charge in [-0.25, -0.2) is 0 Å². The van der Waals surface area contributed by atoms with Gasteiger partial charge in [-0.05, 0) is 26.0 Å². The summed E-state index contributed by atoms with van der Waals surface area (Å²) in [5.74, 6) is 0.156. The van der Waals surface area contributed by atoms with Crippen molar-refractivity contribution in [2.75, 3.05) is 32.7 Å². The molecule has 0 aromatic rings. The van der Waals surface area contributed by atoms with Crippen LogP contribution in [0.25, 0.3) is 0 Å². The summed E-state index contributed by atoms with van der Waals surface area (Å²) in [6.45, 7) is 9.04. The molecule has 0 bridgehead atoms. The summed E-state index contributed by atoms with van der Waals surface area (Å²) in [6, 6.07) is 0. The molecule has 1 rings (SSSR count). The van der Waals surface area contributed by atoms with E-state index in [9.17, 15) is 4.79 Å². The summed E-state index contributed by atoms with van der Waals surface area (Å²) in [7, 11) is 0. The van der Waals surface area contributed by atoms with Crippen LogP contribution < -0.4 is 0 Å². The average Bonchev–Trinajstić information content (AvgIpc) is 2.20. The highest BCUT2D eigenvalue weighted by Crippen LogP contribution is 2.03. The summed E-state index contributed by atoms with van der Waals surface area (Å²) in [6.07, 6.45) is 4.65. The molecule has 3 nitrogen and oxygen atoms in total. The first-order chi connectivity index (χ1) is 6.77. The van der Waals surface area contributed by atoms with Crippen LogP contribution in [0.15, 0.2) is 12.2 Å². The number of hydrogen-bond donors (Lipinski definition) is 0. The van der Waals surface area contributed by atoms with Crippen molar-refractivity contribution in [2.24, 2.45) is 0 Å². The van der Waals surface area contributed by atoms with Crippen LogP contribution in [0.3, 0.4) is 0 Å². The van der Waals surface area contributed by atoms with Gasteiger partial charge >= 0.3 is 0 Å². The minimum atomic E-state index is 0.156. The Hall–Kier alpha value is -0.830. The zero-order valence-corrected chi connectivity index (χ0v) is 9.20. The first kappa shape index (κ1) is 11.2. The van der Waals surface area contributed by atoms with E-state index in [1.165, 1.54) is 6.42 Å². The van der Waals surface area contributed by atoms with E-state index in [1.807, 2.05) is 11.8 Å². The van der Waals surface area contributed by atoms with Crippen molar-refractivity contribution >= 4 is 5.91 Å². The molecule has 0 unspecified atom stereocenters. The third-order valence-corrected chi connectivity index (χ3v) is 2.53. The standard InChI is InChI=1S/C11H20N2O/c1-3-5-11(14)13-9-7-12(6-4-2)8-10-13/h3,5H,4,6-10H2,1-2H3. The molecule has 0 spiro atoms. The van der Waals surface area contributed by atoms with Gasteiger partial charge in [0, 0.05) is 26.2 Å². The highest BCUT2D eigenvalue weighted by molar-refractivity contribution is 5.87. The zero-order chi connectivity index (χ0) is 10.4. The fourth-order valence-electron chi connectivity index (χ4n) is 1.76. The number of nitrogens with zero attached hydrogens (tertiary/aromatic N) is 2. The van der Waals surface area contributed by atoms with Crippen LogP contribution in [0.5, 0.6) is 0 Å². The van der Waals surface area contributed by atoms with Crippen molar-refractivity contribution in [3.8, 4) is 0 Å². The molecule has 1 aliphatic rings. The van der Waals surface area contributed by atoms with E-state index in [0.717, 1.165) is 32.7 Å². The Morgan fingerprint density at radius 2 is 1.93 bits per heavy atom. The number of carbonyl (C=O) groups excluding carboxylic acids is 1. The lowest BCUT2D eigenvalue weighted by Crippen LogP contribution is -2.48. The van der Waals surface area contributed by atoms with Gasteiger partial charge < -0.3 is 4.90 Å². The smallest absolute Gasteiger partial charge is 0.246 e. The quantitative estimate of drug-likeness (QED) is 0.631. The molecule has 1 amide bonds. The van der Waals surface area contributed by atoms with Crippen molar-refractivity contribution in [2.45, 2.75) is 20.3 Å². The molecule has 0 aromatic carbocycles. The lowest BCUT2D eigenvalue weighted by Gasteiger charge is -2.33. The van der Waals surface area contributed by atoms with Crippen molar-refractivity contribution in [1.82, 2.24) is 9.80 Å². The molecular formula is C11H20N2O. The number of amides is 1. The summed E-state index contributed by atoms with van der Waals surface area (Å²) < 4.78 is 0. The van der Waals surface area contributed by atoms with Gasteiger partial charge in [0.2, 0.25) is 5.91 Å². The van der Waals surface area contributed by atoms with Crippen LogP contribution in [0.2, 0.25) is 0 Å². The van der Waals surface area contributed by atoms with Gasteiger partial charge in [0.25, 0.3) is 0 Å². The van der Waals surface area contributed by atoms with Gasteiger partial charge in [0.05, 0.1) is 0 Å². The first-order valence-electron chi connectivity index (χ1n) is 5.42.